The maximum atomic E-state index is 11.0. The van der Waals surface area contributed by atoms with Crippen molar-refractivity contribution in [3.63, 3.8) is 0 Å². The van der Waals surface area contributed by atoms with E-state index in [-0.39, 0.29) is 11.3 Å². The minimum atomic E-state index is -0.296. The Hall–Kier alpha value is -0.610. The van der Waals surface area contributed by atoms with Gasteiger partial charge in [0, 0.05) is 6.54 Å². The Bertz CT molecular complexity index is 143. The predicted molar refractivity (Wildman–Crippen MR) is 35.9 cm³/mol. The maximum absolute atomic E-state index is 11.0. The van der Waals surface area contributed by atoms with Crippen molar-refractivity contribution in [2.45, 2.75) is 12.8 Å². The zero-order valence-corrected chi connectivity index (χ0v) is 6.02. The van der Waals surface area contributed by atoms with Gasteiger partial charge in [0.2, 0.25) is 0 Å². The van der Waals surface area contributed by atoms with Crippen LogP contribution in [-0.4, -0.2) is 19.6 Å². The second-order valence-electron chi connectivity index (χ2n) is 2.62. The van der Waals surface area contributed by atoms with Crippen LogP contribution in [0.3, 0.4) is 0 Å². The Morgan fingerprint density at radius 3 is 2.70 bits per heavy atom. The van der Waals surface area contributed by atoms with Gasteiger partial charge in [-0.25, -0.2) is 5.48 Å². The highest BCUT2D eigenvalue weighted by Crippen LogP contribution is 2.44. The van der Waals surface area contributed by atoms with E-state index in [2.05, 4.69) is 10.3 Å². The quantitative estimate of drug-likeness (QED) is 0.520. The fourth-order valence-corrected chi connectivity index (χ4v) is 0.876. The summed E-state index contributed by atoms with van der Waals surface area (Å²) in [5, 5.41) is 0. The van der Waals surface area contributed by atoms with Gasteiger partial charge in [-0.2, -0.15) is 0 Å². The number of carbonyl (C=O) groups excluding carboxylic acids is 1. The van der Waals surface area contributed by atoms with E-state index in [0.717, 1.165) is 12.8 Å². The molecular weight excluding hydrogens is 132 g/mol. The molecule has 0 saturated heterocycles. The molecular formula is C6H12N2O2. The van der Waals surface area contributed by atoms with E-state index in [1.165, 1.54) is 7.11 Å². The Morgan fingerprint density at radius 2 is 2.40 bits per heavy atom. The number of nitrogens with one attached hydrogen (secondary N) is 1. The van der Waals surface area contributed by atoms with Crippen molar-refractivity contribution in [3.8, 4) is 0 Å². The van der Waals surface area contributed by atoms with Crippen LogP contribution in [0.5, 0.6) is 0 Å². The summed E-state index contributed by atoms with van der Waals surface area (Å²) >= 11 is 0. The lowest BCUT2D eigenvalue weighted by molar-refractivity contribution is -0.136. The lowest BCUT2D eigenvalue weighted by Gasteiger charge is -2.09. The van der Waals surface area contributed by atoms with Crippen molar-refractivity contribution in [1.29, 1.82) is 0 Å². The Morgan fingerprint density at radius 1 is 1.80 bits per heavy atom. The van der Waals surface area contributed by atoms with E-state index in [0.29, 0.717) is 6.54 Å². The van der Waals surface area contributed by atoms with E-state index in [1.54, 1.807) is 0 Å². The number of carbonyl (C=O) groups is 1. The van der Waals surface area contributed by atoms with Crippen LogP contribution in [0, 0.1) is 5.41 Å². The summed E-state index contributed by atoms with van der Waals surface area (Å²) in [6.45, 7) is 0.419. The topological polar surface area (TPSA) is 64.3 Å². The highest BCUT2D eigenvalue weighted by Gasteiger charge is 2.48. The number of hydrogen-bond donors (Lipinski definition) is 2. The highest BCUT2D eigenvalue weighted by molar-refractivity contribution is 5.84. The van der Waals surface area contributed by atoms with Crippen molar-refractivity contribution >= 4 is 5.91 Å². The van der Waals surface area contributed by atoms with Crippen LogP contribution in [0.4, 0.5) is 0 Å². The average molecular weight is 144 g/mol. The first-order valence-corrected chi connectivity index (χ1v) is 3.29. The second-order valence-corrected chi connectivity index (χ2v) is 2.62. The van der Waals surface area contributed by atoms with Crippen LogP contribution in [0.1, 0.15) is 12.8 Å². The lowest BCUT2D eigenvalue weighted by Crippen LogP contribution is -2.35. The molecule has 0 atom stereocenters. The van der Waals surface area contributed by atoms with Gasteiger partial charge < -0.3 is 5.73 Å². The molecule has 3 N–H and O–H groups in total. The molecule has 1 fully saturated rings. The molecule has 0 aliphatic heterocycles. The van der Waals surface area contributed by atoms with Gasteiger partial charge in [0.1, 0.15) is 0 Å². The SMILES string of the molecule is CONC(=O)C1(CN)CC1. The van der Waals surface area contributed by atoms with E-state index < -0.39 is 0 Å². The summed E-state index contributed by atoms with van der Waals surface area (Å²) in [6, 6.07) is 0. The molecule has 0 radical (unpaired) electrons. The summed E-state index contributed by atoms with van der Waals surface area (Å²) in [4.78, 5) is 15.5. The van der Waals surface area contributed by atoms with Crippen LogP contribution in [0.25, 0.3) is 0 Å². The molecule has 0 aromatic rings. The van der Waals surface area contributed by atoms with Crippen molar-refractivity contribution in [2.24, 2.45) is 11.1 Å². The molecule has 1 rings (SSSR count). The summed E-state index contributed by atoms with van der Waals surface area (Å²) in [5.41, 5.74) is 7.37. The molecule has 0 aromatic carbocycles. The summed E-state index contributed by atoms with van der Waals surface area (Å²) in [6.07, 6.45) is 1.78. The number of nitrogens with two attached hydrogens (primary N) is 1. The highest BCUT2D eigenvalue weighted by atomic mass is 16.6. The molecule has 10 heavy (non-hydrogen) atoms. The first-order valence-electron chi connectivity index (χ1n) is 3.29. The average Bonchev–Trinajstić information content (AvgIpc) is 2.68. The molecule has 0 heterocycles. The first-order chi connectivity index (χ1) is 4.75. The van der Waals surface area contributed by atoms with Crippen LogP contribution in [-0.2, 0) is 9.63 Å². The predicted octanol–water partition coefficient (Wildman–Crippen LogP) is -0.597. The summed E-state index contributed by atoms with van der Waals surface area (Å²) < 4.78 is 0. The number of hydroxylamine groups is 1. The van der Waals surface area contributed by atoms with E-state index >= 15 is 0 Å². The largest absolute Gasteiger partial charge is 0.329 e. The molecule has 1 saturated carbocycles. The van der Waals surface area contributed by atoms with Gasteiger partial charge in [-0.05, 0) is 12.8 Å². The minimum Gasteiger partial charge on any atom is -0.329 e. The Labute approximate surface area is 59.7 Å². The smallest absolute Gasteiger partial charge is 0.251 e. The van der Waals surface area contributed by atoms with Gasteiger partial charge in [-0.3, -0.25) is 9.63 Å². The van der Waals surface area contributed by atoms with Crippen molar-refractivity contribution in [3.05, 3.63) is 0 Å². The lowest BCUT2D eigenvalue weighted by atomic mass is 10.1. The van der Waals surface area contributed by atoms with Gasteiger partial charge in [0.25, 0.3) is 5.91 Å². The Kier molecular flexibility index (Phi) is 1.92. The van der Waals surface area contributed by atoms with Crippen molar-refractivity contribution < 1.29 is 9.63 Å². The van der Waals surface area contributed by atoms with E-state index in [9.17, 15) is 4.79 Å². The molecule has 0 unspecified atom stereocenters. The maximum Gasteiger partial charge on any atom is 0.251 e. The minimum absolute atomic E-state index is 0.0856. The molecule has 0 bridgehead atoms. The third-order valence-electron chi connectivity index (χ3n) is 1.92. The van der Waals surface area contributed by atoms with E-state index in [1.807, 2.05) is 0 Å². The fourth-order valence-electron chi connectivity index (χ4n) is 0.876. The molecule has 58 valence electrons. The number of hydrogen-bond acceptors (Lipinski definition) is 3. The molecule has 1 aliphatic rings. The van der Waals surface area contributed by atoms with Gasteiger partial charge >= 0.3 is 0 Å². The summed E-state index contributed by atoms with van der Waals surface area (Å²) in [5.74, 6) is -0.0856. The van der Waals surface area contributed by atoms with Crippen molar-refractivity contribution in [2.75, 3.05) is 13.7 Å². The van der Waals surface area contributed by atoms with Gasteiger partial charge in [0.15, 0.2) is 0 Å². The van der Waals surface area contributed by atoms with Gasteiger partial charge in [-0.1, -0.05) is 0 Å². The third-order valence-corrected chi connectivity index (χ3v) is 1.92. The molecule has 4 heteroatoms. The van der Waals surface area contributed by atoms with Crippen LogP contribution in [0.15, 0.2) is 0 Å². The van der Waals surface area contributed by atoms with Crippen molar-refractivity contribution in [1.82, 2.24) is 5.48 Å². The van der Waals surface area contributed by atoms with Gasteiger partial charge in [0.05, 0.1) is 12.5 Å². The van der Waals surface area contributed by atoms with Gasteiger partial charge in [-0.15, -0.1) is 0 Å². The Balaban J connectivity index is 2.40. The molecule has 1 aliphatic carbocycles. The van der Waals surface area contributed by atoms with E-state index in [4.69, 9.17) is 5.73 Å². The second kappa shape index (κ2) is 2.56. The standard InChI is InChI=1S/C6H12N2O2/c1-10-8-5(9)6(4-7)2-3-6/h2-4,7H2,1H3,(H,8,9). The first kappa shape index (κ1) is 7.50. The molecule has 1 amide bonds. The summed E-state index contributed by atoms with van der Waals surface area (Å²) in [7, 11) is 1.42. The van der Waals surface area contributed by atoms with Crippen LogP contribution < -0.4 is 11.2 Å². The number of rotatable bonds is 3. The number of amides is 1. The van der Waals surface area contributed by atoms with Crippen LogP contribution >= 0.6 is 0 Å². The fraction of sp³-hybridized carbons (Fsp3) is 0.833. The normalized spacial score (nSPS) is 20.2. The third kappa shape index (κ3) is 1.12. The molecule has 4 nitrogen and oxygen atoms in total. The zero-order chi connectivity index (χ0) is 7.61. The molecule has 0 spiro atoms. The monoisotopic (exact) mass is 144 g/mol. The molecule has 0 aromatic heterocycles. The van der Waals surface area contributed by atoms with Crippen LogP contribution in [0.2, 0.25) is 0 Å². The zero-order valence-electron chi connectivity index (χ0n) is 6.02.